The molecule has 4 unspecified atom stereocenters. The van der Waals surface area contributed by atoms with Crippen LogP contribution in [0, 0.1) is 23.7 Å². The summed E-state index contributed by atoms with van der Waals surface area (Å²) in [6, 6.07) is 68.1. The molecular formula is C116H188N4. The topological polar surface area (TPSA) is 13.0 Å². The van der Waals surface area contributed by atoms with Gasteiger partial charge in [-0.15, -0.1) is 0 Å². The predicted octanol–water partition coefficient (Wildman–Crippen LogP) is 35.7. The summed E-state index contributed by atoms with van der Waals surface area (Å²) in [5.74, 6) is 3.59. The van der Waals surface area contributed by atoms with Crippen molar-refractivity contribution in [3.63, 3.8) is 0 Å². The van der Waals surface area contributed by atoms with E-state index in [2.05, 4.69) is 300 Å². The van der Waals surface area contributed by atoms with Crippen LogP contribution >= 0.6 is 0 Å². The maximum atomic E-state index is 2.61. The highest BCUT2D eigenvalue weighted by Crippen LogP contribution is 2.78. The zero-order chi connectivity index (χ0) is 88.2. The largest absolute Gasteiger partial charge is 0.372 e. The van der Waals surface area contributed by atoms with Crippen molar-refractivity contribution in [3.05, 3.63) is 259 Å². The highest BCUT2D eigenvalue weighted by Gasteiger charge is 2.68. The summed E-state index contributed by atoms with van der Waals surface area (Å²) >= 11 is 0. The molecule has 0 radical (unpaired) electrons. The molecule has 672 valence electrons. The third kappa shape index (κ3) is 17.8. The summed E-state index contributed by atoms with van der Waals surface area (Å²) in [6.45, 7) is 94.6. The van der Waals surface area contributed by atoms with E-state index < -0.39 is 0 Å². The SMILES string of the molecule is C.C.C.C.CC.CC.CC.CC.CC.CC.CC.CC.CC.CC.CC.CC.CCN(CC)c1ccc2c(c1)C1(C3=C2C2(c4cc(N(CC)CC)ccc43)c3ccccc3[C@H](C)[C@@H]2C)c2ccccc2[C@H](C)[C@@H]1C.CCN(CC)c1ccc2c(c1)C1=C(c3cc(N(CC)CC)ccc3C13c1ccccc1[C@H](C)[C@@H]3C)C21c2ccccc2[C@H](C)[C@@H]1C. The molecule has 8 aromatic carbocycles. The molecular weight excluding hydrogens is 1450 g/mol. The zero-order valence-electron chi connectivity index (χ0n) is 82.2. The Labute approximate surface area is 746 Å². The standard InChI is InChI=1S/2C44H50N2.12C2H6.4CH4/c1-9-45(10-2)31-21-23-39-35(25-31)41-42(43(39)29(7)27(5)33-17-13-15-19-37(33)43)36-26-32(46(11-3)12-4)22-24-40(36)44(41)30(8)28(6)34-18-14-16-20-38(34)44;1-9-45(10-2)31-21-23-35-39(25-31)43(29(7)27(5)33-17-13-15-19-37(33)43)42-36-24-22-32(46(11-3)12-4)26-40(36)44(41(35)42)30(8)28(6)34-18-14-16-20-38(34)44;12*1-2;;;;/h2*13-30H,9-12H2,1-8H3;12*1-2H3;4*1H4/t2*27-,28-,29+,30+,43?,44?;;;;;;;;;;;;;;;;/m11................/s1. The van der Waals surface area contributed by atoms with Crippen molar-refractivity contribution >= 4 is 45.0 Å². The van der Waals surface area contributed by atoms with Crippen LogP contribution < -0.4 is 19.6 Å². The maximum Gasteiger partial charge on any atom is 0.0501 e. The Bertz CT molecular complexity index is 4060. The fraction of sp³-hybridized carbons (Fsp3) is 0.552. The van der Waals surface area contributed by atoms with Gasteiger partial charge in [-0.25, -0.2) is 0 Å². The Morgan fingerprint density at radius 1 is 0.200 bits per heavy atom. The van der Waals surface area contributed by atoms with Crippen LogP contribution in [0.1, 0.15) is 419 Å². The molecule has 0 N–H and O–H groups in total. The lowest BCUT2D eigenvalue weighted by atomic mass is 9.63. The molecule has 0 aromatic heterocycles. The molecule has 0 heterocycles. The first-order chi connectivity index (χ1) is 56.6. The molecule has 8 aromatic rings. The van der Waals surface area contributed by atoms with Gasteiger partial charge in [-0.3, -0.25) is 0 Å². The number of benzene rings is 8. The normalized spacial score (nSPS) is 22.1. The van der Waals surface area contributed by atoms with Gasteiger partial charge < -0.3 is 19.6 Å². The summed E-state index contributed by atoms with van der Waals surface area (Å²) in [5.41, 5.74) is 35.3. The van der Waals surface area contributed by atoms with Gasteiger partial charge in [0.25, 0.3) is 0 Å². The van der Waals surface area contributed by atoms with E-state index in [1.807, 2.05) is 166 Å². The molecule has 0 bridgehead atoms. The molecule has 8 aliphatic rings. The van der Waals surface area contributed by atoms with E-state index in [4.69, 9.17) is 0 Å². The first kappa shape index (κ1) is 114. The van der Waals surface area contributed by atoms with Gasteiger partial charge >= 0.3 is 0 Å². The van der Waals surface area contributed by atoms with Gasteiger partial charge in [0.1, 0.15) is 0 Å². The Hall–Kier alpha value is -7.56. The van der Waals surface area contributed by atoms with E-state index >= 15 is 0 Å². The number of rotatable bonds is 12. The number of allylic oxidation sites excluding steroid dienone is 4. The van der Waals surface area contributed by atoms with Crippen LogP contribution in [0.25, 0.3) is 22.3 Å². The number of hydrogen-bond donors (Lipinski definition) is 0. The Kier molecular flexibility index (Phi) is 50.4. The Morgan fingerprint density at radius 2 is 0.375 bits per heavy atom. The van der Waals surface area contributed by atoms with Gasteiger partial charge in [0.15, 0.2) is 0 Å². The van der Waals surface area contributed by atoms with Crippen molar-refractivity contribution in [2.24, 2.45) is 23.7 Å². The fourth-order valence-electron chi connectivity index (χ4n) is 21.8. The lowest BCUT2D eigenvalue weighted by molar-refractivity contribution is 0.418. The molecule has 4 spiro atoms. The second kappa shape index (κ2) is 52.8. The third-order valence-corrected chi connectivity index (χ3v) is 26.6. The van der Waals surface area contributed by atoms with Crippen molar-refractivity contribution in [1.29, 1.82) is 0 Å². The molecule has 4 nitrogen and oxygen atoms in total. The average Bonchev–Trinajstić information content (AvgIpc) is 1.47. The van der Waals surface area contributed by atoms with Crippen molar-refractivity contribution in [2.75, 3.05) is 72.0 Å². The monoisotopic (exact) mass is 1640 g/mol. The molecule has 120 heavy (non-hydrogen) atoms. The Balaban J connectivity index is 0. The van der Waals surface area contributed by atoms with Gasteiger partial charge in [0.05, 0.1) is 21.7 Å². The van der Waals surface area contributed by atoms with Crippen LogP contribution in [0.15, 0.2) is 170 Å². The first-order valence-corrected chi connectivity index (χ1v) is 48.1. The van der Waals surface area contributed by atoms with Crippen molar-refractivity contribution in [3.8, 4) is 0 Å². The summed E-state index contributed by atoms with van der Waals surface area (Å²) in [7, 11) is 0. The number of nitrogens with zero attached hydrogens (tertiary/aromatic N) is 4. The molecule has 0 aliphatic heterocycles. The minimum absolute atomic E-state index is 0. The van der Waals surface area contributed by atoms with E-state index in [0.717, 1.165) is 52.4 Å². The van der Waals surface area contributed by atoms with E-state index in [1.54, 1.807) is 22.3 Å². The van der Waals surface area contributed by atoms with E-state index in [0.29, 0.717) is 47.3 Å². The smallest absolute Gasteiger partial charge is 0.0501 e. The highest BCUT2D eigenvalue weighted by atomic mass is 15.1. The molecule has 12 atom stereocenters. The zero-order valence-corrected chi connectivity index (χ0v) is 82.2. The van der Waals surface area contributed by atoms with Crippen LogP contribution in [-0.4, -0.2) is 52.4 Å². The minimum atomic E-state index is -0.195. The van der Waals surface area contributed by atoms with Gasteiger partial charge in [0.2, 0.25) is 0 Å². The van der Waals surface area contributed by atoms with Crippen LogP contribution in [0.2, 0.25) is 0 Å². The summed E-state index contributed by atoms with van der Waals surface area (Å²) < 4.78 is 0. The maximum absolute atomic E-state index is 2.61. The molecule has 8 aliphatic carbocycles. The fourth-order valence-corrected chi connectivity index (χ4v) is 21.8. The number of anilines is 4. The first-order valence-electron chi connectivity index (χ1n) is 48.1. The lowest BCUT2D eigenvalue weighted by Crippen LogP contribution is -2.34. The van der Waals surface area contributed by atoms with E-state index in [9.17, 15) is 0 Å². The van der Waals surface area contributed by atoms with Gasteiger partial charge in [-0.2, -0.15) is 0 Å². The van der Waals surface area contributed by atoms with E-state index in [-0.39, 0.29) is 51.4 Å². The van der Waals surface area contributed by atoms with Gasteiger partial charge in [-0.05, 0) is 263 Å². The molecule has 16 rings (SSSR count). The van der Waals surface area contributed by atoms with Gasteiger partial charge in [0, 0.05) is 75.1 Å². The molecule has 0 saturated carbocycles. The Morgan fingerprint density at radius 3 is 0.583 bits per heavy atom. The quantitative estimate of drug-likeness (QED) is 0.121. The summed E-state index contributed by atoms with van der Waals surface area (Å²) in [4.78, 5) is 10.1. The van der Waals surface area contributed by atoms with E-state index in [1.165, 1.54) is 112 Å². The number of fused-ring (bicyclic) bond motifs is 24. The van der Waals surface area contributed by atoms with Crippen LogP contribution in [0.4, 0.5) is 22.7 Å². The van der Waals surface area contributed by atoms with Gasteiger partial charge in [-0.1, -0.05) is 373 Å². The van der Waals surface area contributed by atoms with Crippen LogP contribution in [0.5, 0.6) is 0 Å². The van der Waals surface area contributed by atoms with Crippen molar-refractivity contribution in [2.45, 2.75) is 352 Å². The molecule has 4 heteroatoms. The van der Waals surface area contributed by atoms with Crippen molar-refractivity contribution in [1.82, 2.24) is 0 Å². The summed E-state index contributed by atoms with van der Waals surface area (Å²) in [6.07, 6.45) is 0. The second-order valence-corrected chi connectivity index (χ2v) is 29.0. The summed E-state index contributed by atoms with van der Waals surface area (Å²) in [5, 5.41) is 0. The lowest BCUT2D eigenvalue weighted by Gasteiger charge is -2.39. The molecule has 0 amide bonds. The minimum Gasteiger partial charge on any atom is -0.372 e. The average molecular weight is 1640 g/mol. The highest BCUT2D eigenvalue weighted by molar-refractivity contribution is 6.16. The molecule has 0 saturated heterocycles. The second-order valence-electron chi connectivity index (χ2n) is 29.0. The predicted molar refractivity (Wildman–Crippen MR) is 556 cm³/mol. The third-order valence-electron chi connectivity index (χ3n) is 26.6. The van der Waals surface area contributed by atoms with Crippen molar-refractivity contribution < 1.29 is 0 Å². The van der Waals surface area contributed by atoms with Crippen LogP contribution in [0.3, 0.4) is 0 Å². The molecule has 0 fully saturated rings. The number of hydrogen-bond acceptors (Lipinski definition) is 4. The van der Waals surface area contributed by atoms with Crippen LogP contribution in [-0.2, 0) is 21.7 Å².